The fraction of sp³-hybridized carbons (Fsp3) is 0.500. The van der Waals surface area contributed by atoms with Gasteiger partial charge >= 0.3 is 0 Å². The van der Waals surface area contributed by atoms with Gasteiger partial charge in [0.25, 0.3) is 0 Å². The minimum Gasteiger partial charge on any atom is -0.370 e. The van der Waals surface area contributed by atoms with Crippen molar-refractivity contribution in [3.05, 3.63) is 34.9 Å². The Morgan fingerprint density at radius 1 is 1.53 bits per heavy atom. The number of benzene rings is 1. The fourth-order valence-electron chi connectivity index (χ4n) is 1.77. The first-order valence-corrected chi connectivity index (χ1v) is 6.46. The average molecular weight is 253 g/mol. The number of ketones is 1. The first-order chi connectivity index (χ1) is 8.16. The molecule has 0 aliphatic heterocycles. The molecule has 1 aliphatic rings. The standard InChI is InChI=1S/C14H17ClO2/c1-10(17-8-7-11-5-6-11)14(16)12-3-2-4-13(15)9-12/h2-4,9-11H,5-8H2,1H3. The minimum absolute atomic E-state index is 0.00305. The van der Waals surface area contributed by atoms with Crippen molar-refractivity contribution < 1.29 is 9.53 Å². The van der Waals surface area contributed by atoms with E-state index in [4.69, 9.17) is 16.3 Å². The predicted octanol–water partition coefficient (Wildman–Crippen LogP) is 3.73. The van der Waals surface area contributed by atoms with E-state index in [0.29, 0.717) is 17.2 Å². The third-order valence-electron chi connectivity index (χ3n) is 3.07. The molecule has 0 bridgehead atoms. The van der Waals surface area contributed by atoms with Crippen molar-refractivity contribution in [2.45, 2.75) is 32.3 Å². The van der Waals surface area contributed by atoms with E-state index in [2.05, 4.69) is 0 Å². The van der Waals surface area contributed by atoms with Crippen LogP contribution in [0.5, 0.6) is 0 Å². The van der Waals surface area contributed by atoms with Gasteiger partial charge in [-0.05, 0) is 31.4 Å². The molecule has 0 N–H and O–H groups in total. The number of Topliss-reactive ketones (excluding diaryl/α,β-unsaturated/α-hetero) is 1. The van der Waals surface area contributed by atoms with Gasteiger partial charge < -0.3 is 4.74 Å². The maximum atomic E-state index is 12.0. The molecule has 1 unspecified atom stereocenters. The molecule has 1 atom stereocenters. The highest BCUT2D eigenvalue weighted by Gasteiger charge is 2.22. The van der Waals surface area contributed by atoms with Crippen molar-refractivity contribution in [3.63, 3.8) is 0 Å². The van der Waals surface area contributed by atoms with E-state index in [-0.39, 0.29) is 11.9 Å². The van der Waals surface area contributed by atoms with Crippen molar-refractivity contribution in [1.82, 2.24) is 0 Å². The van der Waals surface area contributed by atoms with Crippen LogP contribution in [0.15, 0.2) is 24.3 Å². The van der Waals surface area contributed by atoms with E-state index in [0.717, 1.165) is 12.3 Å². The highest BCUT2D eigenvalue weighted by molar-refractivity contribution is 6.31. The molecule has 0 amide bonds. The van der Waals surface area contributed by atoms with Crippen LogP contribution in [0.2, 0.25) is 5.02 Å². The molecule has 2 nitrogen and oxygen atoms in total. The topological polar surface area (TPSA) is 26.3 Å². The minimum atomic E-state index is -0.382. The van der Waals surface area contributed by atoms with Crippen molar-refractivity contribution in [2.75, 3.05) is 6.61 Å². The van der Waals surface area contributed by atoms with Gasteiger partial charge in [0.1, 0.15) is 6.10 Å². The second-order valence-corrected chi connectivity index (χ2v) is 5.06. The van der Waals surface area contributed by atoms with Gasteiger partial charge in [0, 0.05) is 17.2 Å². The molecule has 17 heavy (non-hydrogen) atoms. The lowest BCUT2D eigenvalue weighted by molar-refractivity contribution is 0.0457. The number of carbonyl (C=O) groups is 1. The first kappa shape index (κ1) is 12.6. The maximum Gasteiger partial charge on any atom is 0.191 e. The molecular formula is C14H17ClO2. The van der Waals surface area contributed by atoms with Crippen LogP contribution in [-0.4, -0.2) is 18.5 Å². The van der Waals surface area contributed by atoms with Crippen LogP contribution in [0.25, 0.3) is 0 Å². The van der Waals surface area contributed by atoms with Gasteiger partial charge in [0.05, 0.1) is 0 Å². The summed E-state index contributed by atoms with van der Waals surface area (Å²) < 4.78 is 5.56. The number of hydrogen-bond acceptors (Lipinski definition) is 2. The number of carbonyl (C=O) groups excluding carboxylic acids is 1. The maximum absolute atomic E-state index is 12.0. The van der Waals surface area contributed by atoms with Gasteiger partial charge in [-0.1, -0.05) is 36.6 Å². The molecule has 0 saturated heterocycles. The van der Waals surface area contributed by atoms with Crippen molar-refractivity contribution in [2.24, 2.45) is 5.92 Å². The van der Waals surface area contributed by atoms with Crippen molar-refractivity contribution >= 4 is 17.4 Å². The zero-order chi connectivity index (χ0) is 12.3. The fourth-order valence-corrected chi connectivity index (χ4v) is 1.96. The number of rotatable bonds is 6. The highest BCUT2D eigenvalue weighted by Crippen LogP contribution is 2.32. The Balaban J connectivity index is 1.84. The van der Waals surface area contributed by atoms with Crippen LogP contribution in [-0.2, 0) is 4.74 Å². The molecule has 0 heterocycles. The molecule has 1 aromatic rings. The SMILES string of the molecule is CC(OCCC1CC1)C(=O)c1cccc(Cl)c1. The number of halogens is 1. The van der Waals surface area contributed by atoms with Gasteiger partial charge in [-0.3, -0.25) is 4.79 Å². The predicted molar refractivity (Wildman–Crippen MR) is 68.5 cm³/mol. The molecule has 1 aliphatic carbocycles. The van der Waals surface area contributed by atoms with Gasteiger partial charge in [0.2, 0.25) is 0 Å². The molecule has 0 aromatic heterocycles. The lowest BCUT2D eigenvalue weighted by atomic mass is 10.1. The molecule has 2 rings (SSSR count). The Kier molecular flexibility index (Phi) is 4.19. The van der Waals surface area contributed by atoms with Gasteiger partial charge in [-0.2, -0.15) is 0 Å². The summed E-state index contributed by atoms with van der Waals surface area (Å²) in [5.41, 5.74) is 0.622. The molecule has 92 valence electrons. The van der Waals surface area contributed by atoms with Crippen molar-refractivity contribution in [3.8, 4) is 0 Å². The molecule has 1 fully saturated rings. The van der Waals surface area contributed by atoms with Crippen LogP contribution in [0, 0.1) is 5.92 Å². The normalized spacial score (nSPS) is 16.8. The Morgan fingerprint density at radius 3 is 2.94 bits per heavy atom. The van der Waals surface area contributed by atoms with Crippen LogP contribution in [0.1, 0.15) is 36.5 Å². The summed E-state index contributed by atoms with van der Waals surface area (Å²) >= 11 is 5.85. The quantitative estimate of drug-likeness (QED) is 0.721. The Labute approximate surface area is 107 Å². The summed E-state index contributed by atoms with van der Waals surface area (Å²) in [6.07, 6.45) is 3.33. The summed E-state index contributed by atoms with van der Waals surface area (Å²) in [7, 11) is 0. The van der Waals surface area contributed by atoms with E-state index in [1.54, 1.807) is 31.2 Å². The third kappa shape index (κ3) is 3.83. The second-order valence-electron chi connectivity index (χ2n) is 4.62. The van der Waals surface area contributed by atoms with Gasteiger partial charge in [-0.25, -0.2) is 0 Å². The summed E-state index contributed by atoms with van der Waals surface area (Å²) in [5.74, 6) is 0.840. The van der Waals surface area contributed by atoms with Gasteiger partial charge in [-0.15, -0.1) is 0 Å². The Morgan fingerprint density at radius 2 is 2.29 bits per heavy atom. The molecule has 3 heteroatoms. The molecular weight excluding hydrogens is 236 g/mol. The molecule has 0 spiro atoms. The largest absolute Gasteiger partial charge is 0.370 e. The summed E-state index contributed by atoms with van der Waals surface area (Å²) in [4.78, 5) is 12.0. The lowest BCUT2D eigenvalue weighted by Gasteiger charge is -2.12. The highest BCUT2D eigenvalue weighted by atomic mass is 35.5. The van der Waals surface area contributed by atoms with E-state index in [1.807, 2.05) is 0 Å². The monoisotopic (exact) mass is 252 g/mol. The third-order valence-corrected chi connectivity index (χ3v) is 3.30. The van der Waals surface area contributed by atoms with E-state index >= 15 is 0 Å². The smallest absolute Gasteiger partial charge is 0.191 e. The average Bonchev–Trinajstić information content (AvgIpc) is 3.12. The van der Waals surface area contributed by atoms with Gasteiger partial charge in [0.15, 0.2) is 5.78 Å². The number of ether oxygens (including phenoxy) is 1. The zero-order valence-corrected chi connectivity index (χ0v) is 10.7. The summed E-state index contributed by atoms with van der Waals surface area (Å²) in [5, 5.41) is 0.584. The lowest BCUT2D eigenvalue weighted by Crippen LogP contribution is -2.21. The summed E-state index contributed by atoms with van der Waals surface area (Å²) in [6, 6.07) is 7.00. The number of hydrogen-bond donors (Lipinski definition) is 0. The van der Waals surface area contributed by atoms with E-state index in [9.17, 15) is 4.79 Å². The summed E-state index contributed by atoms with van der Waals surface area (Å²) in [6.45, 7) is 2.48. The van der Waals surface area contributed by atoms with Crippen molar-refractivity contribution in [1.29, 1.82) is 0 Å². The van der Waals surface area contributed by atoms with E-state index < -0.39 is 0 Å². The van der Waals surface area contributed by atoms with Crippen LogP contribution in [0.3, 0.4) is 0 Å². The zero-order valence-electron chi connectivity index (χ0n) is 9.99. The van der Waals surface area contributed by atoms with Crippen LogP contribution >= 0.6 is 11.6 Å². The Bertz CT molecular complexity index is 399. The van der Waals surface area contributed by atoms with E-state index in [1.165, 1.54) is 12.8 Å². The first-order valence-electron chi connectivity index (χ1n) is 6.08. The van der Waals surface area contributed by atoms with Crippen LogP contribution in [0.4, 0.5) is 0 Å². The molecule has 1 aromatic carbocycles. The Hall–Kier alpha value is -0.860. The second kappa shape index (κ2) is 5.65. The molecule has 0 radical (unpaired) electrons. The molecule has 1 saturated carbocycles. The van der Waals surface area contributed by atoms with Crippen LogP contribution < -0.4 is 0 Å².